The van der Waals surface area contributed by atoms with E-state index in [0.29, 0.717) is 5.02 Å². The molecule has 0 bridgehead atoms. The molecule has 0 fully saturated rings. The number of carboxylic acids is 1. The maximum atomic E-state index is 12.5. The average Bonchev–Trinajstić information content (AvgIpc) is 3.08. The van der Waals surface area contributed by atoms with Crippen LogP contribution in [0.5, 0.6) is 0 Å². The molecule has 0 saturated carbocycles. The third kappa shape index (κ3) is 4.28. The number of hydrogen-bond donors (Lipinski definition) is 2. The Labute approximate surface area is 185 Å². The third-order valence-corrected chi connectivity index (χ3v) is 6.15. The van der Waals surface area contributed by atoms with Gasteiger partial charge < -0.3 is 15.2 Å². The minimum atomic E-state index is -1.13. The monoisotopic (exact) mass is 435 g/mol. The van der Waals surface area contributed by atoms with Gasteiger partial charge in [-0.25, -0.2) is 9.59 Å². The zero-order valence-corrected chi connectivity index (χ0v) is 17.7. The lowest BCUT2D eigenvalue weighted by Gasteiger charge is -2.18. The van der Waals surface area contributed by atoms with Crippen LogP contribution < -0.4 is 5.32 Å². The Balaban J connectivity index is 1.45. The molecule has 2 N–H and O–H groups in total. The predicted octanol–water partition coefficient (Wildman–Crippen LogP) is 5.18. The molecular formula is C25H22ClNO4. The van der Waals surface area contributed by atoms with Gasteiger partial charge in [-0.3, -0.25) is 0 Å². The van der Waals surface area contributed by atoms with E-state index in [1.165, 1.54) is 0 Å². The molecule has 0 aliphatic heterocycles. The summed E-state index contributed by atoms with van der Waals surface area (Å²) in [6.07, 6.45) is -0.639. The number of nitrogens with one attached hydrogen (secondary N) is 1. The van der Waals surface area contributed by atoms with Crippen LogP contribution in [0.2, 0.25) is 5.02 Å². The zero-order chi connectivity index (χ0) is 22.0. The molecule has 5 nitrogen and oxygen atoms in total. The Hall–Kier alpha value is -3.31. The van der Waals surface area contributed by atoms with Crippen molar-refractivity contribution in [3.05, 3.63) is 94.0 Å². The molecule has 4 rings (SSSR count). The predicted molar refractivity (Wildman–Crippen MR) is 120 cm³/mol. The Kier molecular flexibility index (Phi) is 5.96. The number of carboxylic acid groups (broad SMARTS) is 1. The maximum Gasteiger partial charge on any atom is 0.407 e. The van der Waals surface area contributed by atoms with Crippen molar-refractivity contribution in [2.45, 2.75) is 25.3 Å². The van der Waals surface area contributed by atoms with E-state index in [1.54, 1.807) is 18.2 Å². The van der Waals surface area contributed by atoms with E-state index in [0.717, 1.165) is 33.4 Å². The van der Waals surface area contributed by atoms with Crippen LogP contribution in [0, 0.1) is 6.92 Å². The molecule has 6 heteroatoms. The lowest BCUT2D eigenvalue weighted by Crippen LogP contribution is -2.43. The normalized spacial score (nSPS) is 13.2. The van der Waals surface area contributed by atoms with Gasteiger partial charge in [0.1, 0.15) is 12.6 Å². The van der Waals surface area contributed by atoms with Crippen LogP contribution in [0.3, 0.4) is 0 Å². The summed E-state index contributed by atoms with van der Waals surface area (Å²) in [5.74, 6) is -1.22. The van der Waals surface area contributed by atoms with Crippen LogP contribution in [-0.2, 0) is 16.0 Å². The molecule has 0 heterocycles. The first-order valence-electron chi connectivity index (χ1n) is 10.0. The van der Waals surface area contributed by atoms with Crippen molar-refractivity contribution in [2.24, 2.45) is 0 Å². The van der Waals surface area contributed by atoms with Crippen LogP contribution >= 0.6 is 11.6 Å². The fraction of sp³-hybridized carbons (Fsp3) is 0.200. The van der Waals surface area contributed by atoms with Gasteiger partial charge in [-0.1, -0.05) is 72.3 Å². The Morgan fingerprint density at radius 2 is 1.61 bits per heavy atom. The van der Waals surface area contributed by atoms with Crippen molar-refractivity contribution in [2.75, 3.05) is 6.61 Å². The van der Waals surface area contributed by atoms with Crippen LogP contribution in [0.1, 0.15) is 28.2 Å². The van der Waals surface area contributed by atoms with Crippen LogP contribution in [0.4, 0.5) is 4.79 Å². The summed E-state index contributed by atoms with van der Waals surface area (Å²) in [4.78, 5) is 24.2. The highest BCUT2D eigenvalue weighted by molar-refractivity contribution is 6.31. The number of carbonyl (C=O) groups excluding carboxylic acids is 1. The highest BCUT2D eigenvalue weighted by atomic mass is 35.5. The number of carbonyl (C=O) groups is 2. The van der Waals surface area contributed by atoms with E-state index < -0.39 is 18.1 Å². The van der Waals surface area contributed by atoms with E-state index in [9.17, 15) is 14.7 Å². The highest BCUT2D eigenvalue weighted by Crippen LogP contribution is 2.44. The lowest BCUT2D eigenvalue weighted by molar-refractivity contribution is -0.139. The molecule has 0 radical (unpaired) electrons. The summed E-state index contributed by atoms with van der Waals surface area (Å²) in [5.41, 5.74) is 6.02. The van der Waals surface area contributed by atoms with Gasteiger partial charge in [0, 0.05) is 17.4 Å². The molecule has 0 saturated heterocycles. The van der Waals surface area contributed by atoms with Gasteiger partial charge in [0.2, 0.25) is 0 Å². The van der Waals surface area contributed by atoms with Gasteiger partial charge in [-0.15, -0.1) is 0 Å². The number of amides is 1. The molecular weight excluding hydrogens is 414 g/mol. The van der Waals surface area contributed by atoms with Gasteiger partial charge in [0.15, 0.2) is 0 Å². The number of alkyl carbamates (subject to hydrolysis) is 1. The molecule has 0 unspecified atom stereocenters. The van der Waals surface area contributed by atoms with E-state index in [2.05, 4.69) is 17.4 Å². The van der Waals surface area contributed by atoms with Crippen molar-refractivity contribution in [1.29, 1.82) is 0 Å². The van der Waals surface area contributed by atoms with E-state index >= 15 is 0 Å². The van der Waals surface area contributed by atoms with Crippen molar-refractivity contribution in [3.63, 3.8) is 0 Å². The number of halogens is 1. The molecule has 0 aromatic heterocycles. The number of fused-ring (bicyclic) bond motifs is 3. The average molecular weight is 436 g/mol. The van der Waals surface area contributed by atoms with Crippen LogP contribution in [0.25, 0.3) is 11.1 Å². The Morgan fingerprint density at radius 1 is 1.00 bits per heavy atom. The zero-order valence-electron chi connectivity index (χ0n) is 17.0. The number of aliphatic carboxylic acids is 1. The quantitative estimate of drug-likeness (QED) is 0.559. The molecule has 1 amide bonds. The molecule has 31 heavy (non-hydrogen) atoms. The van der Waals surface area contributed by atoms with Crippen LogP contribution in [0.15, 0.2) is 66.7 Å². The maximum absolute atomic E-state index is 12.5. The summed E-state index contributed by atoms with van der Waals surface area (Å²) in [6.45, 7) is 1.95. The second kappa shape index (κ2) is 8.82. The summed E-state index contributed by atoms with van der Waals surface area (Å²) in [7, 11) is 0. The second-order valence-corrected chi connectivity index (χ2v) is 8.00. The molecule has 1 aliphatic rings. The van der Waals surface area contributed by atoms with Crippen LogP contribution in [-0.4, -0.2) is 29.8 Å². The van der Waals surface area contributed by atoms with Crippen molar-refractivity contribution < 1.29 is 19.4 Å². The SMILES string of the molecule is Cc1c(Cl)cccc1C[C@H](NC(=O)OCC1c2ccccc2-c2ccccc21)C(=O)O. The fourth-order valence-corrected chi connectivity index (χ4v) is 4.27. The molecule has 1 atom stereocenters. The van der Waals surface area contributed by atoms with Gasteiger partial charge in [-0.2, -0.15) is 0 Å². The summed E-state index contributed by atoms with van der Waals surface area (Å²) >= 11 is 6.13. The van der Waals surface area contributed by atoms with Gasteiger partial charge in [0.05, 0.1) is 0 Å². The fourth-order valence-electron chi connectivity index (χ4n) is 4.08. The largest absolute Gasteiger partial charge is 0.480 e. The number of benzene rings is 3. The number of ether oxygens (including phenoxy) is 1. The number of hydrogen-bond acceptors (Lipinski definition) is 3. The Morgan fingerprint density at radius 3 is 2.23 bits per heavy atom. The van der Waals surface area contributed by atoms with Crippen molar-refractivity contribution in [3.8, 4) is 11.1 Å². The summed E-state index contributed by atoms with van der Waals surface area (Å²) < 4.78 is 5.47. The van der Waals surface area contributed by atoms with E-state index in [1.807, 2.05) is 43.3 Å². The summed E-state index contributed by atoms with van der Waals surface area (Å²) in [6, 6.07) is 20.3. The molecule has 1 aliphatic carbocycles. The third-order valence-electron chi connectivity index (χ3n) is 5.74. The standard InChI is InChI=1S/C25H22ClNO4/c1-15-16(7-6-12-22(15)26)13-23(24(28)29)27-25(30)31-14-21-19-10-4-2-8-17(19)18-9-3-5-11-20(18)21/h2-12,21,23H,13-14H2,1H3,(H,27,30)(H,28,29)/t23-/m0/s1. The molecule has 158 valence electrons. The van der Waals surface area contributed by atoms with Gasteiger partial charge in [-0.05, 0) is 46.4 Å². The lowest BCUT2D eigenvalue weighted by atomic mass is 9.98. The van der Waals surface area contributed by atoms with Crippen molar-refractivity contribution >= 4 is 23.7 Å². The molecule has 3 aromatic rings. The smallest absolute Gasteiger partial charge is 0.407 e. The first-order chi connectivity index (χ1) is 15.0. The molecule has 3 aromatic carbocycles. The minimum Gasteiger partial charge on any atom is -0.480 e. The van der Waals surface area contributed by atoms with Gasteiger partial charge in [0.25, 0.3) is 0 Å². The van der Waals surface area contributed by atoms with Gasteiger partial charge >= 0.3 is 12.1 Å². The van der Waals surface area contributed by atoms with E-state index in [-0.39, 0.29) is 18.9 Å². The highest BCUT2D eigenvalue weighted by Gasteiger charge is 2.30. The van der Waals surface area contributed by atoms with E-state index in [4.69, 9.17) is 16.3 Å². The topological polar surface area (TPSA) is 75.6 Å². The first-order valence-corrected chi connectivity index (χ1v) is 10.4. The second-order valence-electron chi connectivity index (χ2n) is 7.59. The minimum absolute atomic E-state index is 0.0865. The van der Waals surface area contributed by atoms with Crippen molar-refractivity contribution in [1.82, 2.24) is 5.32 Å². The summed E-state index contributed by atoms with van der Waals surface area (Å²) in [5, 5.41) is 12.6. The Bertz CT molecular complexity index is 1100. The molecule has 0 spiro atoms. The number of rotatable bonds is 6. The first kappa shape index (κ1) is 20.9.